The van der Waals surface area contributed by atoms with Gasteiger partial charge in [-0.2, -0.15) is 5.10 Å². The zero-order valence-electron chi connectivity index (χ0n) is 11.0. The van der Waals surface area contributed by atoms with E-state index in [1.54, 1.807) is 42.7 Å². The highest BCUT2D eigenvalue weighted by molar-refractivity contribution is 5.74. The van der Waals surface area contributed by atoms with Gasteiger partial charge in [0.25, 0.3) is 0 Å². The molecule has 0 atom stereocenters. The number of aromatic nitrogens is 4. The van der Waals surface area contributed by atoms with Gasteiger partial charge in [-0.25, -0.2) is 14.4 Å². The van der Waals surface area contributed by atoms with Crippen LogP contribution in [-0.2, 0) is 6.54 Å². The fourth-order valence-corrected chi connectivity index (χ4v) is 1.98. The maximum absolute atomic E-state index is 13.7. The Labute approximate surface area is 120 Å². The molecule has 0 fully saturated rings. The predicted molar refractivity (Wildman–Crippen MR) is 74.1 cm³/mol. The Hall–Kier alpha value is -2.89. The van der Waals surface area contributed by atoms with E-state index in [1.165, 1.54) is 10.7 Å². The molecular formula is C15H11FN4O. The minimum atomic E-state index is -0.331. The third kappa shape index (κ3) is 2.69. The van der Waals surface area contributed by atoms with Gasteiger partial charge in [-0.1, -0.05) is 18.2 Å². The normalized spacial score (nSPS) is 10.5. The molecule has 104 valence electrons. The minimum Gasteiger partial charge on any atom is -0.296 e. The summed E-state index contributed by atoms with van der Waals surface area (Å²) < 4.78 is 15.1. The molecule has 0 amide bonds. The second-order valence-electron chi connectivity index (χ2n) is 4.39. The standard InChI is InChI=1S/C15H11FN4O/c16-13-5-2-1-4-11(13)9-20-12(10-21)8-14(19-20)15-17-6-3-7-18-15/h1-8,10H,9H2. The van der Waals surface area contributed by atoms with Gasteiger partial charge in [0.1, 0.15) is 17.2 Å². The van der Waals surface area contributed by atoms with Crippen molar-refractivity contribution < 1.29 is 9.18 Å². The summed E-state index contributed by atoms with van der Waals surface area (Å²) in [5.74, 6) is 0.0928. The molecular weight excluding hydrogens is 271 g/mol. The minimum absolute atomic E-state index is 0.174. The Kier molecular flexibility index (Phi) is 3.51. The predicted octanol–water partition coefficient (Wildman–Crippen LogP) is 2.34. The van der Waals surface area contributed by atoms with Crippen molar-refractivity contribution in [2.75, 3.05) is 0 Å². The molecule has 2 aromatic heterocycles. The van der Waals surface area contributed by atoms with E-state index < -0.39 is 0 Å². The summed E-state index contributed by atoms with van der Waals surface area (Å²) in [7, 11) is 0. The Morgan fingerprint density at radius 1 is 1.14 bits per heavy atom. The van der Waals surface area contributed by atoms with Crippen LogP contribution in [0.4, 0.5) is 4.39 Å². The highest BCUT2D eigenvalue weighted by Crippen LogP contribution is 2.16. The highest BCUT2D eigenvalue weighted by atomic mass is 19.1. The number of halogens is 1. The van der Waals surface area contributed by atoms with Crippen LogP contribution in [0.15, 0.2) is 48.8 Å². The lowest BCUT2D eigenvalue weighted by molar-refractivity contribution is 0.111. The van der Waals surface area contributed by atoms with Gasteiger partial charge >= 0.3 is 0 Å². The molecule has 0 radical (unpaired) electrons. The van der Waals surface area contributed by atoms with Gasteiger partial charge in [0, 0.05) is 18.0 Å². The SMILES string of the molecule is O=Cc1cc(-c2ncccn2)nn1Cc1ccccc1F. The lowest BCUT2D eigenvalue weighted by atomic mass is 10.2. The lowest BCUT2D eigenvalue weighted by Crippen LogP contribution is -2.07. The van der Waals surface area contributed by atoms with Crippen molar-refractivity contribution >= 4 is 6.29 Å². The molecule has 21 heavy (non-hydrogen) atoms. The fourth-order valence-electron chi connectivity index (χ4n) is 1.98. The van der Waals surface area contributed by atoms with Crippen LogP contribution in [0.1, 0.15) is 16.1 Å². The first-order valence-corrected chi connectivity index (χ1v) is 6.32. The fraction of sp³-hybridized carbons (Fsp3) is 0.0667. The number of benzene rings is 1. The number of aldehydes is 1. The highest BCUT2D eigenvalue weighted by Gasteiger charge is 2.12. The summed E-state index contributed by atoms with van der Waals surface area (Å²) in [6, 6.07) is 9.67. The van der Waals surface area contributed by atoms with Crippen LogP contribution in [0.25, 0.3) is 11.5 Å². The Morgan fingerprint density at radius 2 is 1.90 bits per heavy atom. The van der Waals surface area contributed by atoms with E-state index in [0.29, 0.717) is 29.1 Å². The first-order valence-electron chi connectivity index (χ1n) is 6.32. The van der Waals surface area contributed by atoms with Crippen molar-refractivity contribution in [3.05, 3.63) is 65.9 Å². The summed E-state index contributed by atoms with van der Waals surface area (Å²) >= 11 is 0. The van der Waals surface area contributed by atoms with E-state index in [0.717, 1.165) is 0 Å². The summed E-state index contributed by atoms with van der Waals surface area (Å²) in [6.45, 7) is 0.174. The van der Waals surface area contributed by atoms with Crippen molar-refractivity contribution in [2.45, 2.75) is 6.54 Å². The molecule has 3 aromatic rings. The smallest absolute Gasteiger partial charge is 0.180 e. The first-order chi connectivity index (χ1) is 10.3. The number of hydrogen-bond donors (Lipinski definition) is 0. The monoisotopic (exact) mass is 282 g/mol. The zero-order chi connectivity index (χ0) is 14.7. The first kappa shape index (κ1) is 13.1. The third-order valence-electron chi connectivity index (χ3n) is 3.00. The number of carbonyl (C=O) groups excluding carboxylic acids is 1. The molecule has 1 aromatic carbocycles. The topological polar surface area (TPSA) is 60.7 Å². The van der Waals surface area contributed by atoms with Gasteiger partial charge in [0.2, 0.25) is 0 Å². The van der Waals surface area contributed by atoms with Crippen molar-refractivity contribution in [2.24, 2.45) is 0 Å². The van der Waals surface area contributed by atoms with Crippen molar-refractivity contribution in [3.63, 3.8) is 0 Å². The van der Waals surface area contributed by atoms with Crippen LogP contribution in [0.5, 0.6) is 0 Å². The number of rotatable bonds is 4. The molecule has 0 aliphatic carbocycles. The molecule has 6 heteroatoms. The maximum atomic E-state index is 13.7. The van der Waals surface area contributed by atoms with Crippen molar-refractivity contribution in [1.29, 1.82) is 0 Å². The van der Waals surface area contributed by atoms with Gasteiger partial charge in [-0.15, -0.1) is 0 Å². The summed E-state index contributed by atoms with van der Waals surface area (Å²) in [6.07, 6.45) is 3.87. The second kappa shape index (κ2) is 5.62. The molecule has 0 unspecified atom stereocenters. The molecule has 0 saturated carbocycles. The Morgan fingerprint density at radius 3 is 2.62 bits per heavy atom. The largest absolute Gasteiger partial charge is 0.296 e. The van der Waals surface area contributed by atoms with Crippen LogP contribution in [0, 0.1) is 5.82 Å². The Balaban J connectivity index is 1.98. The molecule has 0 aliphatic rings. The number of carbonyl (C=O) groups is 1. The Bertz CT molecular complexity index is 770. The molecule has 0 saturated heterocycles. The molecule has 0 bridgehead atoms. The van der Waals surface area contributed by atoms with Crippen LogP contribution < -0.4 is 0 Å². The summed E-state index contributed by atoms with van der Waals surface area (Å²) in [5.41, 5.74) is 1.29. The van der Waals surface area contributed by atoms with E-state index in [4.69, 9.17) is 0 Å². The van der Waals surface area contributed by atoms with Crippen LogP contribution in [0.3, 0.4) is 0 Å². The number of hydrogen-bond acceptors (Lipinski definition) is 4. The van der Waals surface area contributed by atoms with Crippen LogP contribution >= 0.6 is 0 Å². The van der Waals surface area contributed by atoms with E-state index in [9.17, 15) is 9.18 Å². The average molecular weight is 282 g/mol. The van der Waals surface area contributed by atoms with Gasteiger partial charge in [0.05, 0.1) is 6.54 Å². The molecule has 2 heterocycles. The summed E-state index contributed by atoms with van der Waals surface area (Å²) in [5, 5.41) is 4.28. The third-order valence-corrected chi connectivity index (χ3v) is 3.00. The molecule has 0 spiro atoms. The van der Waals surface area contributed by atoms with Gasteiger partial charge in [0.15, 0.2) is 12.1 Å². The molecule has 0 aliphatic heterocycles. The van der Waals surface area contributed by atoms with Crippen LogP contribution in [-0.4, -0.2) is 26.0 Å². The summed E-state index contributed by atoms with van der Waals surface area (Å²) in [4.78, 5) is 19.3. The average Bonchev–Trinajstić information content (AvgIpc) is 2.93. The lowest BCUT2D eigenvalue weighted by Gasteiger charge is -2.04. The van der Waals surface area contributed by atoms with Gasteiger partial charge < -0.3 is 0 Å². The van der Waals surface area contributed by atoms with Crippen LogP contribution in [0.2, 0.25) is 0 Å². The van der Waals surface area contributed by atoms with E-state index in [1.807, 2.05) is 0 Å². The van der Waals surface area contributed by atoms with Crippen molar-refractivity contribution in [3.8, 4) is 11.5 Å². The van der Waals surface area contributed by atoms with E-state index in [-0.39, 0.29) is 12.4 Å². The zero-order valence-corrected chi connectivity index (χ0v) is 11.0. The van der Waals surface area contributed by atoms with Crippen molar-refractivity contribution in [1.82, 2.24) is 19.7 Å². The maximum Gasteiger partial charge on any atom is 0.180 e. The second-order valence-corrected chi connectivity index (χ2v) is 4.39. The van der Waals surface area contributed by atoms with Gasteiger partial charge in [-0.05, 0) is 18.2 Å². The van der Waals surface area contributed by atoms with Gasteiger partial charge in [-0.3, -0.25) is 9.48 Å². The van der Waals surface area contributed by atoms with E-state index >= 15 is 0 Å². The van der Waals surface area contributed by atoms with E-state index in [2.05, 4.69) is 15.1 Å². The number of nitrogens with zero attached hydrogens (tertiary/aromatic N) is 4. The molecule has 0 N–H and O–H groups in total. The molecule has 5 nitrogen and oxygen atoms in total. The quantitative estimate of drug-likeness (QED) is 0.689. The molecule has 3 rings (SSSR count).